The largest absolute Gasteiger partial charge is 0.373 e. The lowest BCUT2D eigenvalue weighted by molar-refractivity contribution is -0.0265. The summed E-state index contributed by atoms with van der Waals surface area (Å²) in [6, 6.07) is 8.69. The Balaban J connectivity index is 0.00000261. The van der Waals surface area contributed by atoms with Crippen molar-refractivity contribution in [2.24, 2.45) is 18.0 Å². The molecule has 6 nitrogen and oxygen atoms in total. The highest BCUT2D eigenvalue weighted by molar-refractivity contribution is 14.0. The maximum atomic E-state index is 6.10. The highest BCUT2D eigenvalue weighted by Gasteiger charge is 2.27. The van der Waals surface area contributed by atoms with Crippen molar-refractivity contribution in [3.05, 3.63) is 53.3 Å². The van der Waals surface area contributed by atoms with Gasteiger partial charge in [-0.1, -0.05) is 29.8 Å². The molecule has 148 valence electrons. The molecule has 2 aromatic rings. The zero-order valence-electron chi connectivity index (χ0n) is 16.3. The summed E-state index contributed by atoms with van der Waals surface area (Å²) >= 11 is 0. The quantitative estimate of drug-likeness (QED) is 0.390. The van der Waals surface area contributed by atoms with Crippen LogP contribution in [0.1, 0.15) is 35.6 Å². The summed E-state index contributed by atoms with van der Waals surface area (Å²) < 4.78 is 7.91. The number of nitrogens with one attached hydrogen (secondary N) is 2. The van der Waals surface area contributed by atoms with Gasteiger partial charge in [0.2, 0.25) is 0 Å². The Labute approximate surface area is 178 Å². The lowest BCUT2D eigenvalue weighted by Gasteiger charge is -2.32. The van der Waals surface area contributed by atoms with Gasteiger partial charge in [0.1, 0.15) is 0 Å². The average molecular weight is 483 g/mol. The van der Waals surface area contributed by atoms with Crippen LogP contribution in [-0.4, -0.2) is 35.9 Å². The monoisotopic (exact) mass is 483 g/mol. The minimum atomic E-state index is 0. The molecule has 2 heterocycles. The van der Waals surface area contributed by atoms with Gasteiger partial charge in [-0.15, -0.1) is 24.0 Å². The SMILES string of the molecule is CN=C(NCc1cnn(C)c1)NCC1CCCOC1c1ccc(C)cc1.I. The van der Waals surface area contributed by atoms with Crippen molar-refractivity contribution in [1.29, 1.82) is 0 Å². The first-order valence-corrected chi connectivity index (χ1v) is 9.26. The number of nitrogens with zero attached hydrogens (tertiary/aromatic N) is 3. The first-order chi connectivity index (χ1) is 12.7. The molecule has 1 aliphatic rings. The Bertz CT molecular complexity index is 728. The van der Waals surface area contributed by atoms with E-state index in [9.17, 15) is 0 Å². The fourth-order valence-corrected chi connectivity index (χ4v) is 3.37. The Morgan fingerprint density at radius 2 is 2.07 bits per heavy atom. The van der Waals surface area contributed by atoms with E-state index < -0.39 is 0 Å². The molecular weight excluding hydrogens is 453 g/mol. The molecule has 1 aromatic heterocycles. The second kappa shape index (κ2) is 10.7. The van der Waals surface area contributed by atoms with Gasteiger partial charge in [-0.25, -0.2) is 0 Å². The maximum Gasteiger partial charge on any atom is 0.191 e. The van der Waals surface area contributed by atoms with Gasteiger partial charge in [0, 0.05) is 51.5 Å². The van der Waals surface area contributed by atoms with Crippen LogP contribution in [0.3, 0.4) is 0 Å². The van der Waals surface area contributed by atoms with E-state index in [0.717, 1.165) is 37.5 Å². The molecule has 27 heavy (non-hydrogen) atoms. The first-order valence-electron chi connectivity index (χ1n) is 9.26. The number of halogens is 1. The summed E-state index contributed by atoms with van der Waals surface area (Å²) in [6.45, 7) is 4.49. The molecule has 7 heteroatoms. The zero-order valence-corrected chi connectivity index (χ0v) is 18.6. The number of benzene rings is 1. The Kier molecular flexibility index (Phi) is 8.56. The lowest BCUT2D eigenvalue weighted by Crippen LogP contribution is -2.41. The predicted octanol–water partition coefficient (Wildman–Crippen LogP) is 3.18. The van der Waals surface area contributed by atoms with Gasteiger partial charge in [-0.3, -0.25) is 9.67 Å². The van der Waals surface area contributed by atoms with Gasteiger partial charge in [-0.05, 0) is 25.3 Å². The summed E-state index contributed by atoms with van der Waals surface area (Å²) in [6.07, 6.45) is 6.28. The number of aliphatic imine (C=N–C) groups is 1. The summed E-state index contributed by atoms with van der Waals surface area (Å²) in [5.41, 5.74) is 3.67. The Morgan fingerprint density at radius 3 is 2.74 bits per heavy atom. The molecule has 1 aromatic carbocycles. The third-order valence-corrected chi connectivity index (χ3v) is 4.82. The number of rotatable bonds is 5. The van der Waals surface area contributed by atoms with Crippen LogP contribution >= 0.6 is 24.0 Å². The van der Waals surface area contributed by atoms with Crippen LogP contribution in [0.15, 0.2) is 41.7 Å². The predicted molar refractivity (Wildman–Crippen MR) is 119 cm³/mol. The van der Waals surface area contributed by atoms with E-state index in [1.165, 1.54) is 11.1 Å². The highest BCUT2D eigenvalue weighted by atomic mass is 127. The fraction of sp³-hybridized carbons (Fsp3) is 0.500. The number of guanidine groups is 1. The zero-order chi connectivity index (χ0) is 18.4. The molecule has 1 aliphatic heterocycles. The topological polar surface area (TPSA) is 63.5 Å². The van der Waals surface area contributed by atoms with Crippen LogP contribution in [0.4, 0.5) is 0 Å². The average Bonchev–Trinajstić information content (AvgIpc) is 3.08. The van der Waals surface area contributed by atoms with E-state index >= 15 is 0 Å². The number of ether oxygens (including phenoxy) is 1. The molecule has 2 N–H and O–H groups in total. The van der Waals surface area contributed by atoms with Crippen molar-refractivity contribution >= 4 is 29.9 Å². The molecule has 1 fully saturated rings. The van der Waals surface area contributed by atoms with E-state index in [0.29, 0.717) is 12.5 Å². The molecule has 0 aliphatic carbocycles. The van der Waals surface area contributed by atoms with Gasteiger partial charge in [-0.2, -0.15) is 5.10 Å². The van der Waals surface area contributed by atoms with Gasteiger partial charge >= 0.3 is 0 Å². The molecule has 0 radical (unpaired) electrons. The normalized spacial score (nSPS) is 20.0. The van der Waals surface area contributed by atoms with Gasteiger partial charge in [0.25, 0.3) is 0 Å². The minimum absolute atomic E-state index is 0. The fourth-order valence-electron chi connectivity index (χ4n) is 3.37. The van der Waals surface area contributed by atoms with Crippen molar-refractivity contribution in [2.45, 2.75) is 32.4 Å². The van der Waals surface area contributed by atoms with Crippen LogP contribution in [0.2, 0.25) is 0 Å². The summed E-state index contributed by atoms with van der Waals surface area (Å²) in [5.74, 6) is 1.24. The second-order valence-corrected chi connectivity index (χ2v) is 6.93. The molecular formula is C20H30IN5O. The summed E-state index contributed by atoms with van der Waals surface area (Å²) in [5, 5.41) is 11.0. The third-order valence-electron chi connectivity index (χ3n) is 4.82. The van der Waals surface area contributed by atoms with E-state index in [-0.39, 0.29) is 30.1 Å². The van der Waals surface area contributed by atoms with Crippen molar-refractivity contribution in [2.75, 3.05) is 20.2 Å². The molecule has 0 bridgehead atoms. The van der Waals surface area contributed by atoms with Gasteiger partial charge in [0.15, 0.2) is 5.96 Å². The van der Waals surface area contributed by atoms with Crippen molar-refractivity contribution in [1.82, 2.24) is 20.4 Å². The molecule has 1 saturated heterocycles. The van der Waals surface area contributed by atoms with Crippen LogP contribution in [0.5, 0.6) is 0 Å². The Hall–Kier alpha value is -1.61. The van der Waals surface area contributed by atoms with Crippen molar-refractivity contribution < 1.29 is 4.74 Å². The molecule has 2 atom stereocenters. The van der Waals surface area contributed by atoms with E-state index in [2.05, 4.69) is 51.9 Å². The molecule has 0 spiro atoms. The number of hydrogen-bond donors (Lipinski definition) is 2. The number of aromatic nitrogens is 2. The van der Waals surface area contributed by atoms with Crippen molar-refractivity contribution in [3.8, 4) is 0 Å². The van der Waals surface area contributed by atoms with E-state index in [1.807, 2.05) is 19.4 Å². The first kappa shape index (κ1) is 21.7. The standard InChI is InChI=1S/C20H29N5O.HI/c1-15-6-8-17(9-7-15)19-18(5-4-10-26-19)13-23-20(21-2)22-11-16-12-24-25(3)14-16;/h6-9,12,14,18-19H,4-5,10-11,13H2,1-3H3,(H2,21,22,23);1H. The lowest BCUT2D eigenvalue weighted by atomic mass is 9.89. The molecule has 2 unspecified atom stereocenters. The highest BCUT2D eigenvalue weighted by Crippen LogP contribution is 2.33. The maximum absolute atomic E-state index is 6.10. The van der Waals surface area contributed by atoms with Crippen LogP contribution < -0.4 is 10.6 Å². The van der Waals surface area contributed by atoms with Gasteiger partial charge < -0.3 is 15.4 Å². The molecule has 3 rings (SSSR count). The van der Waals surface area contributed by atoms with Crippen molar-refractivity contribution in [3.63, 3.8) is 0 Å². The molecule has 0 amide bonds. The van der Waals surface area contributed by atoms with Crippen LogP contribution in [0, 0.1) is 12.8 Å². The van der Waals surface area contributed by atoms with Crippen LogP contribution in [-0.2, 0) is 18.3 Å². The minimum Gasteiger partial charge on any atom is -0.373 e. The smallest absolute Gasteiger partial charge is 0.191 e. The number of hydrogen-bond acceptors (Lipinski definition) is 3. The van der Waals surface area contributed by atoms with E-state index in [1.54, 1.807) is 11.7 Å². The Morgan fingerprint density at radius 1 is 1.30 bits per heavy atom. The third kappa shape index (κ3) is 6.21. The van der Waals surface area contributed by atoms with E-state index in [4.69, 9.17) is 4.74 Å². The summed E-state index contributed by atoms with van der Waals surface area (Å²) in [4.78, 5) is 4.33. The van der Waals surface area contributed by atoms with Crippen LogP contribution in [0.25, 0.3) is 0 Å². The van der Waals surface area contributed by atoms with Gasteiger partial charge in [0.05, 0.1) is 12.3 Å². The second-order valence-electron chi connectivity index (χ2n) is 6.93. The number of aryl methyl sites for hydroxylation is 2. The molecule has 0 saturated carbocycles. The summed E-state index contributed by atoms with van der Waals surface area (Å²) in [7, 11) is 3.72.